The topological polar surface area (TPSA) is 52.0 Å². The molecule has 2 aromatic rings. The van der Waals surface area contributed by atoms with Crippen LogP contribution < -0.4 is 5.73 Å². The first-order valence-electron chi connectivity index (χ1n) is 5.85. The van der Waals surface area contributed by atoms with Crippen molar-refractivity contribution in [1.82, 2.24) is 4.98 Å². The molecule has 1 aromatic carbocycles. The van der Waals surface area contributed by atoms with E-state index in [-0.39, 0.29) is 11.5 Å². The van der Waals surface area contributed by atoms with Crippen molar-refractivity contribution in [1.29, 1.82) is 0 Å². The van der Waals surface area contributed by atoms with Gasteiger partial charge in [-0.05, 0) is 17.5 Å². The Hall–Kier alpha value is -1.13. The second-order valence-electron chi connectivity index (χ2n) is 5.41. The number of benzene rings is 1. The number of oxazole rings is 1. The van der Waals surface area contributed by atoms with Crippen molar-refractivity contribution in [2.45, 2.75) is 26.8 Å². The molecule has 0 saturated carbocycles. The van der Waals surface area contributed by atoms with Crippen LogP contribution in [0.4, 0.5) is 0 Å². The zero-order valence-corrected chi connectivity index (χ0v) is 12.4. The Bertz CT molecular complexity index is 525. The van der Waals surface area contributed by atoms with Gasteiger partial charge in [0.2, 0.25) is 5.89 Å². The fourth-order valence-corrected chi connectivity index (χ4v) is 1.81. The maximum absolute atomic E-state index is 6.12. The van der Waals surface area contributed by atoms with Crippen LogP contribution >= 0.6 is 15.9 Å². The molecule has 0 bridgehead atoms. The van der Waals surface area contributed by atoms with E-state index in [1.54, 1.807) is 6.20 Å². The summed E-state index contributed by atoms with van der Waals surface area (Å²) in [5.74, 6) is 1.33. The number of nitrogens with two attached hydrogens (primary N) is 1. The van der Waals surface area contributed by atoms with Crippen molar-refractivity contribution in [2.75, 3.05) is 0 Å². The molecule has 0 radical (unpaired) electrons. The third-order valence-corrected chi connectivity index (χ3v) is 3.38. The summed E-state index contributed by atoms with van der Waals surface area (Å²) in [6, 6.07) is 7.71. The molecule has 0 fully saturated rings. The van der Waals surface area contributed by atoms with Gasteiger partial charge in [0.05, 0.1) is 12.2 Å². The minimum Gasteiger partial charge on any atom is -0.439 e. The summed E-state index contributed by atoms with van der Waals surface area (Å²) in [6.45, 7) is 6.21. The summed E-state index contributed by atoms with van der Waals surface area (Å²) in [5.41, 5.74) is 7.05. The highest BCUT2D eigenvalue weighted by Crippen LogP contribution is 2.32. The predicted octanol–water partition coefficient (Wildman–Crippen LogP) is 4.15. The van der Waals surface area contributed by atoms with E-state index in [9.17, 15) is 0 Å². The monoisotopic (exact) mass is 308 g/mol. The number of nitrogens with zero attached hydrogens (tertiary/aromatic N) is 1. The Morgan fingerprint density at radius 3 is 2.39 bits per heavy atom. The molecule has 0 aliphatic heterocycles. The fraction of sp³-hybridized carbons (Fsp3) is 0.357. The highest BCUT2D eigenvalue weighted by Gasteiger charge is 2.26. The Balaban J connectivity index is 2.28. The Kier molecular flexibility index (Phi) is 3.59. The van der Waals surface area contributed by atoms with E-state index in [0.29, 0.717) is 5.89 Å². The second kappa shape index (κ2) is 4.86. The summed E-state index contributed by atoms with van der Waals surface area (Å²) in [6.07, 6.45) is 1.73. The Labute approximate surface area is 116 Å². The summed E-state index contributed by atoms with van der Waals surface area (Å²) >= 11 is 3.41. The van der Waals surface area contributed by atoms with Crippen molar-refractivity contribution in [2.24, 2.45) is 11.1 Å². The molecule has 18 heavy (non-hydrogen) atoms. The fourth-order valence-electron chi connectivity index (χ4n) is 1.55. The van der Waals surface area contributed by atoms with Crippen LogP contribution in [0, 0.1) is 5.41 Å². The molecule has 1 aromatic heterocycles. The van der Waals surface area contributed by atoms with Crippen LogP contribution in [0.15, 0.2) is 39.4 Å². The van der Waals surface area contributed by atoms with Crippen LogP contribution in [-0.4, -0.2) is 4.98 Å². The molecule has 96 valence electrons. The lowest BCUT2D eigenvalue weighted by atomic mass is 9.87. The van der Waals surface area contributed by atoms with Gasteiger partial charge in [0.25, 0.3) is 0 Å². The Morgan fingerprint density at radius 1 is 1.22 bits per heavy atom. The average molecular weight is 309 g/mol. The van der Waals surface area contributed by atoms with E-state index < -0.39 is 0 Å². The lowest BCUT2D eigenvalue weighted by molar-refractivity contribution is 0.279. The van der Waals surface area contributed by atoms with Gasteiger partial charge < -0.3 is 10.2 Å². The van der Waals surface area contributed by atoms with Crippen LogP contribution in [0.2, 0.25) is 0 Å². The first kappa shape index (κ1) is 13.3. The number of halogens is 1. The zero-order chi connectivity index (χ0) is 13.3. The van der Waals surface area contributed by atoms with E-state index in [1.165, 1.54) is 0 Å². The molecular weight excluding hydrogens is 292 g/mol. The van der Waals surface area contributed by atoms with E-state index in [1.807, 2.05) is 24.3 Å². The second-order valence-corrected chi connectivity index (χ2v) is 6.33. The van der Waals surface area contributed by atoms with Crippen LogP contribution in [0.5, 0.6) is 0 Å². The predicted molar refractivity (Wildman–Crippen MR) is 76.0 cm³/mol. The molecule has 0 spiro atoms. The summed E-state index contributed by atoms with van der Waals surface area (Å²) in [7, 11) is 0. The summed E-state index contributed by atoms with van der Waals surface area (Å²) in [5, 5.41) is 0. The van der Waals surface area contributed by atoms with Gasteiger partial charge in [-0.3, -0.25) is 0 Å². The molecular formula is C14H17BrN2O. The van der Waals surface area contributed by atoms with Crippen molar-refractivity contribution in [3.05, 3.63) is 40.8 Å². The maximum atomic E-state index is 6.12. The van der Waals surface area contributed by atoms with Gasteiger partial charge in [-0.2, -0.15) is 0 Å². The summed E-state index contributed by atoms with van der Waals surface area (Å²) < 4.78 is 6.79. The van der Waals surface area contributed by atoms with E-state index >= 15 is 0 Å². The number of hydrogen-bond acceptors (Lipinski definition) is 3. The lowest BCUT2D eigenvalue weighted by Crippen LogP contribution is -2.26. The first-order chi connectivity index (χ1) is 8.38. The molecule has 3 nitrogen and oxygen atoms in total. The molecule has 2 rings (SSSR count). The third-order valence-electron chi connectivity index (χ3n) is 2.85. The zero-order valence-electron chi connectivity index (χ0n) is 10.8. The standard InChI is InChI=1S/C14H17BrN2O/c1-14(2,3)12(16)13-17-8-11(18-13)9-4-6-10(15)7-5-9/h4-8,12H,16H2,1-3H3/t12-/m1/s1. The number of rotatable bonds is 2. The van der Waals surface area contributed by atoms with Gasteiger partial charge in [0.1, 0.15) is 0 Å². The molecule has 0 aliphatic carbocycles. The third kappa shape index (κ3) is 2.82. The molecule has 1 heterocycles. The van der Waals surface area contributed by atoms with Crippen molar-refractivity contribution < 1.29 is 4.42 Å². The average Bonchev–Trinajstić information content (AvgIpc) is 2.77. The summed E-state index contributed by atoms with van der Waals surface area (Å²) in [4.78, 5) is 4.28. The normalized spacial score (nSPS) is 13.6. The van der Waals surface area contributed by atoms with Crippen molar-refractivity contribution in [3.63, 3.8) is 0 Å². The van der Waals surface area contributed by atoms with E-state index in [0.717, 1.165) is 15.8 Å². The van der Waals surface area contributed by atoms with Gasteiger partial charge in [0.15, 0.2) is 5.76 Å². The van der Waals surface area contributed by atoms with Crippen LogP contribution in [-0.2, 0) is 0 Å². The quantitative estimate of drug-likeness (QED) is 0.906. The molecule has 2 N–H and O–H groups in total. The SMILES string of the molecule is CC(C)(C)[C@H](N)c1ncc(-c2ccc(Br)cc2)o1. The molecule has 0 unspecified atom stereocenters. The lowest BCUT2D eigenvalue weighted by Gasteiger charge is -2.23. The van der Waals surface area contributed by atoms with Gasteiger partial charge in [-0.25, -0.2) is 4.98 Å². The number of hydrogen-bond donors (Lipinski definition) is 1. The van der Waals surface area contributed by atoms with Gasteiger partial charge in [0, 0.05) is 10.0 Å². The van der Waals surface area contributed by atoms with Gasteiger partial charge in [-0.1, -0.05) is 48.8 Å². The molecule has 0 saturated heterocycles. The van der Waals surface area contributed by atoms with Crippen molar-refractivity contribution >= 4 is 15.9 Å². The van der Waals surface area contributed by atoms with Gasteiger partial charge in [-0.15, -0.1) is 0 Å². The largest absolute Gasteiger partial charge is 0.439 e. The van der Waals surface area contributed by atoms with Crippen LogP contribution in [0.3, 0.4) is 0 Å². The van der Waals surface area contributed by atoms with Crippen molar-refractivity contribution in [3.8, 4) is 11.3 Å². The highest BCUT2D eigenvalue weighted by molar-refractivity contribution is 9.10. The highest BCUT2D eigenvalue weighted by atomic mass is 79.9. The molecule has 4 heteroatoms. The number of aromatic nitrogens is 1. The first-order valence-corrected chi connectivity index (χ1v) is 6.64. The Morgan fingerprint density at radius 2 is 1.83 bits per heavy atom. The van der Waals surface area contributed by atoms with Crippen LogP contribution in [0.1, 0.15) is 32.7 Å². The molecule has 1 atom stereocenters. The van der Waals surface area contributed by atoms with E-state index in [2.05, 4.69) is 41.7 Å². The maximum Gasteiger partial charge on any atom is 0.212 e. The minimum absolute atomic E-state index is 0.0676. The minimum atomic E-state index is -0.207. The smallest absolute Gasteiger partial charge is 0.212 e. The van der Waals surface area contributed by atoms with E-state index in [4.69, 9.17) is 10.2 Å². The van der Waals surface area contributed by atoms with Gasteiger partial charge >= 0.3 is 0 Å². The van der Waals surface area contributed by atoms with Crippen LogP contribution in [0.25, 0.3) is 11.3 Å². The molecule has 0 aliphatic rings. The molecule has 0 amide bonds.